The minimum Gasteiger partial charge on any atom is -0.312 e. The van der Waals surface area contributed by atoms with Crippen molar-refractivity contribution in [3.05, 3.63) is 13.6 Å². The fraction of sp³-hybridized carbons (Fsp3) is 0.556. The van der Waals surface area contributed by atoms with Crippen LogP contribution in [0.1, 0.15) is 6.92 Å². The van der Waals surface area contributed by atoms with Gasteiger partial charge < -0.3 is 5.32 Å². The normalized spacial score (nSPS) is 22.9. The van der Waals surface area contributed by atoms with Crippen molar-refractivity contribution in [2.45, 2.75) is 17.9 Å². The Bertz CT molecular complexity index is 515. The molecule has 0 amide bonds. The zero-order chi connectivity index (χ0) is 12.6. The number of thiophene rings is 1. The molecule has 0 aromatic carbocycles. The van der Waals surface area contributed by atoms with Crippen LogP contribution in [0.15, 0.2) is 18.5 Å². The van der Waals surface area contributed by atoms with Crippen molar-refractivity contribution in [3.63, 3.8) is 0 Å². The Kier molecular flexibility index (Phi) is 4.32. The van der Waals surface area contributed by atoms with Crippen LogP contribution in [0.3, 0.4) is 0 Å². The average Bonchev–Trinajstić information content (AvgIpc) is 2.58. The smallest absolute Gasteiger partial charge is 0.245 e. The largest absolute Gasteiger partial charge is 0.312 e. The van der Waals surface area contributed by atoms with Gasteiger partial charge in [0.2, 0.25) is 10.0 Å². The number of nitrogens with one attached hydrogen (secondary N) is 1. The molecule has 0 saturated carbocycles. The van der Waals surface area contributed by atoms with Gasteiger partial charge in [-0.1, -0.05) is 0 Å². The third-order valence-electron chi connectivity index (χ3n) is 2.57. The zero-order valence-corrected chi connectivity index (χ0v) is 13.9. The Morgan fingerprint density at radius 1 is 1.53 bits per heavy atom. The van der Waals surface area contributed by atoms with E-state index < -0.39 is 10.0 Å². The van der Waals surface area contributed by atoms with Crippen molar-refractivity contribution in [3.8, 4) is 0 Å². The monoisotopic (exact) mass is 402 g/mol. The molecular formula is C9H12Br2N2O2S2. The quantitative estimate of drug-likeness (QED) is 0.823. The Hall–Kier alpha value is 0.530. The van der Waals surface area contributed by atoms with Gasteiger partial charge in [-0.15, -0.1) is 11.3 Å². The molecule has 1 aliphatic heterocycles. The summed E-state index contributed by atoms with van der Waals surface area (Å²) in [5.41, 5.74) is 0. The van der Waals surface area contributed by atoms with E-state index in [9.17, 15) is 8.42 Å². The van der Waals surface area contributed by atoms with E-state index in [2.05, 4.69) is 37.2 Å². The highest BCUT2D eigenvalue weighted by Crippen LogP contribution is 2.36. The fourth-order valence-electron chi connectivity index (χ4n) is 1.76. The second-order valence-electron chi connectivity index (χ2n) is 3.91. The van der Waals surface area contributed by atoms with Crippen molar-refractivity contribution in [2.75, 3.05) is 19.6 Å². The van der Waals surface area contributed by atoms with Crippen LogP contribution in [0.4, 0.5) is 0 Å². The molecule has 1 aliphatic rings. The molecule has 1 fully saturated rings. The van der Waals surface area contributed by atoms with Crippen molar-refractivity contribution in [1.82, 2.24) is 9.62 Å². The Labute approximate surface area is 122 Å². The van der Waals surface area contributed by atoms with E-state index in [0.717, 1.165) is 3.79 Å². The molecule has 1 saturated heterocycles. The number of nitrogens with zero attached hydrogens (tertiary/aromatic N) is 1. The van der Waals surface area contributed by atoms with Crippen molar-refractivity contribution in [1.29, 1.82) is 0 Å². The average molecular weight is 404 g/mol. The second-order valence-corrected chi connectivity index (χ2v) is 9.56. The summed E-state index contributed by atoms with van der Waals surface area (Å²) in [5.74, 6) is 0. The second kappa shape index (κ2) is 5.26. The van der Waals surface area contributed by atoms with E-state index >= 15 is 0 Å². The molecule has 17 heavy (non-hydrogen) atoms. The molecule has 1 N–H and O–H groups in total. The van der Waals surface area contributed by atoms with Crippen LogP contribution in [0.2, 0.25) is 0 Å². The Morgan fingerprint density at radius 2 is 2.24 bits per heavy atom. The summed E-state index contributed by atoms with van der Waals surface area (Å²) in [6.07, 6.45) is 0. The Morgan fingerprint density at radius 3 is 2.76 bits per heavy atom. The number of sulfonamides is 1. The van der Waals surface area contributed by atoms with Crippen LogP contribution in [0, 0.1) is 0 Å². The summed E-state index contributed by atoms with van der Waals surface area (Å²) in [7, 11) is -3.38. The molecule has 0 spiro atoms. The van der Waals surface area contributed by atoms with Gasteiger partial charge >= 0.3 is 0 Å². The number of hydrogen-bond donors (Lipinski definition) is 1. The lowest BCUT2D eigenvalue weighted by molar-refractivity contribution is 0.310. The van der Waals surface area contributed by atoms with Gasteiger partial charge in [-0.05, 0) is 44.8 Å². The topological polar surface area (TPSA) is 49.4 Å². The van der Waals surface area contributed by atoms with Gasteiger partial charge in [0.05, 0.1) is 7.57 Å². The van der Waals surface area contributed by atoms with Crippen LogP contribution in [0.5, 0.6) is 0 Å². The summed E-state index contributed by atoms with van der Waals surface area (Å²) in [6, 6.07) is 1.84. The molecule has 2 rings (SSSR count). The van der Waals surface area contributed by atoms with Gasteiger partial charge in [0.1, 0.15) is 4.90 Å². The van der Waals surface area contributed by atoms with E-state index in [1.165, 1.54) is 15.6 Å². The van der Waals surface area contributed by atoms with Crippen LogP contribution >= 0.6 is 43.2 Å². The van der Waals surface area contributed by atoms with Crippen LogP contribution in [0.25, 0.3) is 0 Å². The standard InChI is InChI=1S/C9H12Br2N2O2S2/c1-6-5-13(3-2-12-6)17(14,15)7-4-8(10)16-9(7)11/h4,6,12H,2-3,5H2,1H3/t6-/m1/s1. The molecule has 4 nitrogen and oxygen atoms in total. The number of piperazine rings is 1. The summed E-state index contributed by atoms with van der Waals surface area (Å²) < 4.78 is 27.8. The maximum Gasteiger partial charge on any atom is 0.245 e. The first kappa shape index (κ1) is 14.0. The molecule has 1 aromatic rings. The molecule has 1 aromatic heterocycles. The lowest BCUT2D eigenvalue weighted by Gasteiger charge is -2.30. The van der Waals surface area contributed by atoms with Crippen molar-refractivity contribution < 1.29 is 8.42 Å². The van der Waals surface area contributed by atoms with E-state index in [1.807, 2.05) is 6.92 Å². The van der Waals surface area contributed by atoms with Crippen LogP contribution < -0.4 is 5.32 Å². The molecule has 96 valence electrons. The van der Waals surface area contributed by atoms with Crippen molar-refractivity contribution >= 4 is 53.2 Å². The summed E-state index contributed by atoms with van der Waals surface area (Å²) in [5, 5.41) is 3.23. The lowest BCUT2D eigenvalue weighted by atomic mass is 10.3. The predicted molar refractivity (Wildman–Crippen MR) is 75.9 cm³/mol. The van der Waals surface area contributed by atoms with Gasteiger partial charge in [0, 0.05) is 25.7 Å². The maximum atomic E-state index is 12.4. The third-order valence-corrected chi connectivity index (χ3v) is 7.19. The van der Waals surface area contributed by atoms with Gasteiger partial charge in [0.15, 0.2) is 0 Å². The first-order valence-corrected chi connectivity index (χ1v) is 8.94. The van der Waals surface area contributed by atoms with Gasteiger partial charge in [0.25, 0.3) is 0 Å². The molecule has 8 heteroatoms. The molecule has 0 bridgehead atoms. The highest BCUT2D eigenvalue weighted by atomic mass is 79.9. The summed E-state index contributed by atoms with van der Waals surface area (Å²) in [6.45, 7) is 3.72. The van der Waals surface area contributed by atoms with E-state index in [-0.39, 0.29) is 6.04 Å². The molecule has 0 aliphatic carbocycles. The SMILES string of the molecule is C[C@@H]1CN(S(=O)(=O)c2cc(Br)sc2Br)CCN1. The van der Waals surface area contributed by atoms with E-state index in [0.29, 0.717) is 28.3 Å². The Balaban J connectivity index is 2.33. The first-order valence-electron chi connectivity index (χ1n) is 5.09. The van der Waals surface area contributed by atoms with Crippen LogP contribution in [-0.4, -0.2) is 38.4 Å². The molecular weight excluding hydrogens is 392 g/mol. The first-order chi connectivity index (χ1) is 7.91. The van der Waals surface area contributed by atoms with Gasteiger partial charge in [-0.25, -0.2) is 8.42 Å². The number of rotatable bonds is 2. The number of hydrogen-bond acceptors (Lipinski definition) is 4. The molecule has 0 radical (unpaired) electrons. The minimum atomic E-state index is -3.38. The van der Waals surface area contributed by atoms with E-state index in [1.54, 1.807) is 6.07 Å². The van der Waals surface area contributed by atoms with Crippen molar-refractivity contribution in [2.24, 2.45) is 0 Å². The van der Waals surface area contributed by atoms with Gasteiger partial charge in [-0.3, -0.25) is 0 Å². The molecule has 2 heterocycles. The van der Waals surface area contributed by atoms with Crippen LogP contribution in [-0.2, 0) is 10.0 Å². The fourth-order valence-corrected chi connectivity index (χ4v) is 7.05. The number of halogens is 2. The summed E-state index contributed by atoms with van der Waals surface area (Å²) >= 11 is 7.98. The minimum absolute atomic E-state index is 0.194. The lowest BCUT2D eigenvalue weighted by Crippen LogP contribution is -2.51. The van der Waals surface area contributed by atoms with Gasteiger partial charge in [-0.2, -0.15) is 4.31 Å². The predicted octanol–water partition coefficient (Wildman–Crippen LogP) is 2.26. The summed E-state index contributed by atoms with van der Waals surface area (Å²) in [4.78, 5) is 0.350. The zero-order valence-electron chi connectivity index (χ0n) is 9.11. The molecule has 1 atom stereocenters. The maximum absolute atomic E-state index is 12.4. The van der Waals surface area contributed by atoms with E-state index in [4.69, 9.17) is 0 Å². The highest BCUT2D eigenvalue weighted by molar-refractivity contribution is 9.12. The molecule has 0 unspecified atom stereocenters. The highest BCUT2D eigenvalue weighted by Gasteiger charge is 2.31. The third kappa shape index (κ3) is 2.93.